The number of aromatic nitrogens is 1. The minimum absolute atomic E-state index is 0.106. The Balaban J connectivity index is 1.56. The van der Waals surface area contributed by atoms with Crippen LogP contribution in [0.15, 0.2) is 11.6 Å². The molecule has 5 heteroatoms. The van der Waals surface area contributed by atoms with Gasteiger partial charge in [-0.2, -0.15) is 0 Å². The number of likely N-dealkylation sites (tertiary alicyclic amines) is 1. The zero-order chi connectivity index (χ0) is 12.4. The van der Waals surface area contributed by atoms with Crippen molar-refractivity contribution in [3.05, 3.63) is 16.6 Å². The van der Waals surface area contributed by atoms with Crippen molar-refractivity contribution in [3.63, 3.8) is 0 Å². The summed E-state index contributed by atoms with van der Waals surface area (Å²) in [5.74, 6) is 0.245. The number of thiazole rings is 1. The van der Waals surface area contributed by atoms with Crippen LogP contribution in [0.4, 0.5) is 0 Å². The van der Waals surface area contributed by atoms with Crippen LogP contribution >= 0.6 is 11.3 Å². The second-order valence-corrected chi connectivity index (χ2v) is 6.36. The second kappa shape index (κ2) is 4.97. The molecule has 1 aromatic rings. The van der Waals surface area contributed by atoms with Gasteiger partial charge in [-0.15, -0.1) is 11.3 Å². The van der Waals surface area contributed by atoms with E-state index in [4.69, 9.17) is 0 Å². The third-order valence-electron chi connectivity index (χ3n) is 4.12. The van der Waals surface area contributed by atoms with Crippen LogP contribution in [-0.2, 0) is 11.3 Å². The van der Waals surface area contributed by atoms with E-state index in [1.54, 1.807) is 11.3 Å². The van der Waals surface area contributed by atoms with Crippen molar-refractivity contribution in [2.24, 2.45) is 0 Å². The largest absolute Gasteiger partial charge is 0.351 e. The third-order valence-corrected chi connectivity index (χ3v) is 4.88. The number of carbonyl (C=O) groups is 1. The smallest absolute Gasteiger partial charge is 0.220 e. The van der Waals surface area contributed by atoms with Crippen molar-refractivity contribution in [1.82, 2.24) is 15.2 Å². The Morgan fingerprint density at radius 1 is 1.39 bits per heavy atom. The summed E-state index contributed by atoms with van der Waals surface area (Å²) in [4.78, 5) is 18.3. The summed E-state index contributed by atoms with van der Waals surface area (Å²) in [6.07, 6.45) is 6.97. The van der Waals surface area contributed by atoms with Crippen molar-refractivity contribution in [2.75, 3.05) is 13.1 Å². The van der Waals surface area contributed by atoms with Gasteiger partial charge in [0, 0.05) is 36.6 Å². The molecule has 0 bridgehead atoms. The molecule has 2 fully saturated rings. The normalized spacial score (nSPS) is 24.1. The van der Waals surface area contributed by atoms with Gasteiger partial charge in [-0.25, -0.2) is 4.98 Å². The topological polar surface area (TPSA) is 45.2 Å². The number of hydrogen-bond acceptors (Lipinski definition) is 4. The first kappa shape index (κ1) is 12.1. The monoisotopic (exact) mass is 265 g/mol. The van der Waals surface area contributed by atoms with Gasteiger partial charge in [-0.1, -0.05) is 0 Å². The number of hydrogen-bond donors (Lipinski definition) is 1. The fourth-order valence-electron chi connectivity index (χ4n) is 3.04. The van der Waals surface area contributed by atoms with E-state index in [1.165, 1.54) is 5.01 Å². The van der Waals surface area contributed by atoms with Crippen molar-refractivity contribution >= 4 is 17.2 Å². The van der Waals surface area contributed by atoms with Crippen LogP contribution in [0.2, 0.25) is 0 Å². The van der Waals surface area contributed by atoms with E-state index in [2.05, 4.69) is 15.2 Å². The molecule has 2 aliphatic rings. The zero-order valence-electron chi connectivity index (χ0n) is 10.5. The minimum atomic E-state index is 0.106. The summed E-state index contributed by atoms with van der Waals surface area (Å²) < 4.78 is 0. The third kappa shape index (κ3) is 2.57. The molecule has 2 saturated heterocycles. The Morgan fingerprint density at radius 3 is 2.89 bits per heavy atom. The van der Waals surface area contributed by atoms with E-state index in [1.807, 2.05) is 11.6 Å². The van der Waals surface area contributed by atoms with Crippen molar-refractivity contribution in [2.45, 2.75) is 44.2 Å². The highest BCUT2D eigenvalue weighted by Gasteiger charge is 2.37. The van der Waals surface area contributed by atoms with Crippen LogP contribution in [0.1, 0.15) is 37.1 Å². The van der Waals surface area contributed by atoms with Gasteiger partial charge >= 0.3 is 0 Å². The average Bonchev–Trinajstić information content (AvgIpc) is 2.85. The SMILES string of the molecule is O=C1CCCC2(CCN(Cc3nccs3)CC2)N1. The Labute approximate surface area is 111 Å². The fourth-order valence-corrected chi connectivity index (χ4v) is 3.70. The summed E-state index contributed by atoms with van der Waals surface area (Å²) in [5.41, 5.74) is 0.106. The highest BCUT2D eigenvalue weighted by molar-refractivity contribution is 7.09. The molecule has 3 rings (SSSR count). The Kier molecular flexibility index (Phi) is 3.35. The molecule has 0 aromatic carbocycles. The molecule has 18 heavy (non-hydrogen) atoms. The second-order valence-electron chi connectivity index (χ2n) is 5.38. The van der Waals surface area contributed by atoms with Crippen LogP contribution in [0, 0.1) is 0 Å². The molecule has 0 atom stereocenters. The van der Waals surface area contributed by atoms with E-state index in [0.717, 1.165) is 45.3 Å². The summed E-state index contributed by atoms with van der Waals surface area (Å²) >= 11 is 1.72. The molecule has 0 aliphatic carbocycles. The van der Waals surface area contributed by atoms with Gasteiger partial charge in [0.15, 0.2) is 0 Å². The molecule has 4 nitrogen and oxygen atoms in total. The summed E-state index contributed by atoms with van der Waals surface area (Å²) in [5, 5.41) is 6.46. The lowest BCUT2D eigenvalue weighted by Gasteiger charge is -2.44. The van der Waals surface area contributed by atoms with Crippen LogP contribution < -0.4 is 5.32 Å². The highest BCUT2D eigenvalue weighted by atomic mass is 32.1. The molecule has 1 spiro atoms. The molecule has 0 radical (unpaired) electrons. The molecule has 98 valence electrons. The quantitative estimate of drug-likeness (QED) is 0.886. The highest BCUT2D eigenvalue weighted by Crippen LogP contribution is 2.31. The van der Waals surface area contributed by atoms with E-state index in [9.17, 15) is 4.79 Å². The lowest BCUT2D eigenvalue weighted by molar-refractivity contribution is -0.126. The first-order valence-corrected chi connectivity index (χ1v) is 7.56. The van der Waals surface area contributed by atoms with Crippen molar-refractivity contribution in [1.29, 1.82) is 0 Å². The van der Waals surface area contributed by atoms with Crippen LogP contribution in [0.25, 0.3) is 0 Å². The number of piperidine rings is 2. The lowest BCUT2D eigenvalue weighted by atomic mass is 9.80. The molecule has 1 amide bonds. The first-order chi connectivity index (χ1) is 8.76. The zero-order valence-corrected chi connectivity index (χ0v) is 11.3. The maximum Gasteiger partial charge on any atom is 0.220 e. The van der Waals surface area contributed by atoms with Gasteiger partial charge in [-0.05, 0) is 25.7 Å². The van der Waals surface area contributed by atoms with E-state index >= 15 is 0 Å². The number of amides is 1. The standard InChI is InChI=1S/C13H19N3OS/c17-11-2-1-3-13(15-11)4-7-16(8-5-13)10-12-14-6-9-18-12/h6,9H,1-5,7-8,10H2,(H,15,17). The number of nitrogens with zero attached hydrogens (tertiary/aromatic N) is 2. The Bertz CT molecular complexity index is 410. The molecule has 3 heterocycles. The Morgan fingerprint density at radius 2 is 2.22 bits per heavy atom. The van der Waals surface area contributed by atoms with Gasteiger partial charge in [0.1, 0.15) is 5.01 Å². The van der Waals surface area contributed by atoms with Gasteiger partial charge < -0.3 is 5.32 Å². The Hall–Kier alpha value is -0.940. The average molecular weight is 265 g/mol. The van der Waals surface area contributed by atoms with Crippen molar-refractivity contribution in [3.8, 4) is 0 Å². The van der Waals surface area contributed by atoms with Crippen LogP contribution in [-0.4, -0.2) is 34.4 Å². The van der Waals surface area contributed by atoms with Crippen molar-refractivity contribution < 1.29 is 4.79 Å². The minimum Gasteiger partial charge on any atom is -0.351 e. The van der Waals surface area contributed by atoms with Crippen LogP contribution in [0.5, 0.6) is 0 Å². The van der Waals surface area contributed by atoms with E-state index in [-0.39, 0.29) is 11.4 Å². The van der Waals surface area contributed by atoms with Gasteiger partial charge in [0.25, 0.3) is 0 Å². The predicted octanol–water partition coefficient (Wildman–Crippen LogP) is 1.78. The molecule has 1 N–H and O–H groups in total. The summed E-state index contributed by atoms with van der Waals surface area (Å²) in [6.45, 7) is 3.10. The number of nitrogens with one attached hydrogen (secondary N) is 1. The number of carbonyl (C=O) groups excluding carboxylic acids is 1. The molecule has 1 aromatic heterocycles. The summed E-state index contributed by atoms with van der Waals surface area (Å²) in [6, 6.07) is 0. The van der Waals surface area contributed by atoms with Gasteiger partial charge in [-0.3, -0.25) is 9.69 Å². The maximum atomic E-state index is 11.5. The fraction of sp³-hybridized carbons (Fsp3) is 0.692. The molecular weight excluding hydrogens is 246 g/mol. The van der Waals surface area contributed by atoms with Gasteiger partial charge in [0.05, 0.1) is 6.54 Å². The molecular formula is C13H19N3OS. The van der Waals surface area contributed by atoms with Crippen LogP contribution in [0.3, 0.4) is 0 Å². The lowest BCUT2D eigenvalue weighted by Crippen LogP contribution is -2.57. The summed E-state index contributed by atoms with van der Waals surface area (Å²) in [7, 11) is 0. The molecule has 0 saturated carbocycles. The van der Waals surface area contributed by atoms with Gasteiger partial charge in [0.2, 0.25) is 5.91 Å². The predicted molar refractivity (Wildman–Crippen MR) is 71.3 cm³/mol. The molecule has 2 aliphatic heterocycles. The van der Waals surface area contributed by atoms with E-state index in [0.29, 0.717) is 6.42 Å². The maximum absolute atomic E-state index is 11.5. The van der Waals surface area contributed by atoms with E-state index < -0.39 is 0 Å². The number of rotatable bonds is 2. The molecule has 0 unspecified atom stereocenters. The first-order valence-electron chi connectivity index (χ1n) is 6.68.